The van der Waals surface area contributed by atoms with Gasteiger partial charge >= 0.3 is 0 Å². The van der Waals surface area contributed by atoms with Gasteiger partial charge in [0.05, 0.1) is 5.60 Å². The summed E-state index contributed by atoms with van der Waals surface area (Å²) in [5.41, 5.74) is 0.487. The Hall–Kier alpha value is -0.860. The summed E-state index contributed by atoms with van der Waals surface area (Å²) in [4.78, 5) is 0. The largest absolute Gasteiger partial charge is 0.385 e. The van der Waals surface area contributed by atoms with E-state index >= 15 is 0 Å². The molecule has 0 radical (unpaired) electrons. The molecule has 0 aromatic heterocycles. The van der Waals surface area contributed by atoms with E-state index in [4.69, 9.17) is 0 Å². The van der Waals surface area contributed by atoms with E-state index in [0.717, 1.165) is 18.5 Å². The molecule has 116 valence electrons. The molecule has 1 heterocycles. The lowest BCUT2D eigenvalue weighted by atomic mass is 9.70. The second-order valence-corrected chi connectivity index (χ2v) is 6.98. The Balaban J connectivity index is 1.82. The maximum atomic E-state index is 11.6. The zero-order valence-corrected chi connectivity index (χ0v) is 13.1. The zero-order valence-electron chi connectivity index (χ0n) is 13.1. The van der Waals surface area contributed by atoms with E-state index in [1.54, 1.807) is 0 Å². The minimum absolute atomic E-state index is 0.428. The Kier molecular flexibility index (Phi) is 4.97. The first-order valence-corrected chi connectivity index (χ1v) is 8.80. The highest BCUT2D eigenvalue weighted by Crippen LogP contribution is 2.43. The van der Waals surface area contributed by atoms with E-state index < -0.39 is 5.60 Å². The molecule has 2 N–H and O–H groups in total. The number of nitrogens with one attached hydrogen (secondary N) is 1. The van der Waals surface area contributed by atoms with Gasteiger partial charge in [-0.3, -0.25) is 0 Å². The lowest BCUT2D eigenvalue weighted by molar-refractivity contribution is -0.0551. The van der Waals surface area contributed by atoms with Gasteiger partial charge < -0.3 is 10.4 Å². The van der Waals surface area contributed by atoms with Gasteiger partial charge in [-0.05, 0) is 50.1 Å². The van der Waals surface area contributed by atoms with Crippen LogP contribution in [0.15, 0.2) is 30.3 Å². The number of benzene rings is 1. The minimum Gasteiger partial charge on any atom is -0.385 e. The lowest BCUT2D eigenvalue weighted by Crippen LogP contribution is -2.45. The van der Waals surface area contributed by atoms with E-state index in [1.807, 2.05) is 6.07 Å². The molecular formula is C19H29NO. The fourth-order valence-corrected chi connectivity index (χ4v) is 4.30. The van der Waals surface area contributed by atoms with Crippen LogP contribution in [0.1, 0.15) is 63.4 Å². The van der Waals surface area contributed by atoms with Crippen molar-refractivity contribution in [1.82, 2.24) is 5.32 Å². The minimum atomic E-state index is -0.642. The molecule has 0 unspecified atom stereocenters. The molecule has 1 saturated heterocycles. The van der Waals surface area contributed by atoms with E-state index in [9.17, 15) is 5.11 Å². The number of rotatable bonds is 4. The Morgan fingerprint density at radius 1 is 0.952 bits per heavy atom. The standard InChI is InChI=1S/C19H29NO/c21-19(16-9-3-1-4-10-16,17-11-5-2-6-12-17)15-18-13-7-8-14-20-18/h1,3-4,9-10,17-18,20-21H,2,5-8,11-15H2/t18-,19-/m0/s1. The van der Waals surface area contributed by atoms with Crippen LogP contribution in [0.2, 0.25) is 0 Å². The molecule has 1 aliphatic carbocycles. The first-order valence-electron chi connectivity index (χ1n) is 8.80. The third-order valence-electron chi connectivity index (χ3n) is 5.52. The average molecular weight is 287 g/mol. The van der Waals surface area contributed by atoms with E-state index in [1.165, 1.54) is 51.4 Å². The van der Waals surface area contributed by atoms with Crippen LogP contribution in [0.5, 0.6) is 0 Å². The predicted octanol–water partition coefficient (Wildman–Crippen LogP) is 3.99. The van der Waals surface area contributed by atoms with Crippen LogP contribution >= 0.6 is 0 Å². The molecule has 21 heavy (non-hydrogen) atoms. The van der Waals surface area contributed by atoms with Crippen molar-refractivity contribution in [3.8, 4) is 0 Å². The number of piperidine rings is 1. The summed E-state index contributed by atoms with van der Waals surface area (Å²) in [6.07, 6.45) is 10.9. The second-order valence-electron chi connectivity index (χ2n) is 6.98. The summed E-state index contributed by atoms with van der Waals surface area (Å²) < 4.78 is 0. The molecule has 2 atom stereocenters. The summed E-state index contributed by atoms with van der Waals surface area (Å²) in [7, 11) is 0. The Labute approximate surface area is 129 Å². The summed E-state index contributed by atoms with van der Waals surface area (Å²) in [6.45, 7) is 1.11. The highest BCUT2D eigenvalue weighted by atomic mass is 16.3. The molecular weight excluding hydrogens is 258 g/mol. The summed E-state index contributed by atoms with van der Waals surface area (Å²) >= 11 is 0. The molecule has 3 rings (SSSR count). The van der Waals surface area contributed by atoms with Gasteiger partial charge in [0, 0.05) is 6.04 Å². The van der Waals surface area contributed by atoms with Crippen LogP contribution in [0.4, 0.5) is 0 Å². The normalized spacial score (nSPS) is 27.2. The van der Waals surface area contributed by atoms with Gasteiger partial charge in [0.2, 0.25) is 0 Å². The number of aliphatic hydroxyl groups is 1. The smallest absolute Gasteiger partial charge is 0.0939 e. The van der Waals surface area contributed by atoms with Gasteiger partial charge in [-0.2, -0.15) is 0 Å². The predicted molar refractivity (Wildman–Crippen MR) is 87.2 cm³/mol. The Bertz CT molecular complexity index is 420. The maximum absolute atomic E-state index is 11.6. The van der Waals surface area contributed by atoms with Gasteiger partial charge in [-0.1, -0.05) is 56.0 Å². The number of hydrogen-bond acceptors (Lipinski definition) is 2. The van der Waals surface area contributed by atoms with Crippen LogP contribution in [0.3, 0.4) is 0 Å². The van der Waals surface area contributed by atoms with Crippen LogP contribution in [-0.4, -0.2) is 17.7 Å². The second kappa shape index (κ2) is 6.93. The molecule has 1 aliphatic heterocycles. The molecule has 1 aromatic carbocycles. The summed E-state index contributed by atoms with van der Waals surface area (Å²) in [5.74, 6) is 0.428. The monoisotopic (exact) mass is 287 g/mol. The van der Waals surface area contributed by atoms with Gasteiger partial charge in [0.1, 0.15) is 0 Å². The molecule has 2 aliphatic rings. The van der Waals surface area contributed by atoms with Crippen molar-refractivity contribution < 1.29 is 5.11 Å². The molecule has 1 aromatic rings. The van der Waals surface area contributed by atoms with Crippen LogP contribution in [0, 0.1) is 5.92 Å². The summed E-state index contributed by atoms with van der Waals surface area (Å²) in [6, 6.07) is 10.9. The van der Waals surface area contributed by atoms with Crippen molar-refractivity contribution >= 4 is 0 Å². The molecule has 0 bridgehead atoms. The molecule has 2 nitrogen and oxygen atoms in total. The van der Waals surface area contributed by atoms with Crippen molar-refractivity contribution in [3.05, 3.63) is 35.9 Å². The van der Waals surface area contributed by atoms with Crippen LogP contribution in [-0.2, 0) is 5.60 Å². The highest BCUT2D eigenvalue weighted by Gasteiger charge is 2.40. The van der Waals surface area contributed by atoms with Gasteiger partial charge in [0.25, 0.3) is 0 Å². The van der Waals surface area contributed by atoms with Crippen molar-refractivity contribution in [2.24, 2.45) is 5.92 Å². The zero-order chi connectivity index (χ0) is 14.5. The first kappa shape index (κ1) is 15.1. The van der Waals surface area contributed by atoms with Crippen molar-refractivity contribution in [2.75, 3.05) is 6.54 Å². The highest BCUT2D eigenvalue weighted by molar-refractivity contribution is 5.24. The quantitative estimate of drug-likeness (QED) is 0.877. The van der Waals surface area contributed by atoms with Crippen molar-refractivity contribution in [1.29, 1.82) is 0 Å². The van der Waals surface area contributed by atoms with Crippen LogP contribution < -0.4 is 5.32 Å². The van der Waals surface area contributed by atoms with Crippen LogP contribution in [0.25, 0.3) is 0 Å². The lowest BCUT2D eigenvalue weighted by Gasteiger charge is -2.42. The molecule has 1 saturated carbocycles. The summed E-state index contributed by atoms with van der Waals surface area (Å²) in [5, 5.41) is 15.2. The molecule has 2 heteroatoms. The SMILES string of the molecule is O[C@@](C[C@@H]1CCCCN1)(c1ccccc1)C1CCCCC1. The fourth-order valence-electron chi connectivity index (χ4n) is 4.30. The Morgan fingerprint density at radius 2 is 1.67 bits per heavy atom. The van der Waals surface area contributed by atoms with Gasteiger partial charge in [0.15, 0.2) is 0 Å². The van der Waals surface area contributed by atoms with Gasteiger partial charge in [-0.25, -0.2) is 0 Å². The molecule has 2 fully saturated rings. The van der Waals surface area contributed by atoms with E-state index in [0.29, 0.717) is 12.0 Å². The fraction of sp³-hybridized carbons (Fsp3) is 0.684. The third-order valence-corrected chi connectivity index (χ3v) is 5.52. The number of hydrogen-bond donors (Lipinski definition) is 2. The van der Waals surface area contributed by atoms with E-state index in [-0.39, 0.29) is 0 Å². The van der Waals surface area contributed by atoms with Crippen molar-refractivity contribution in [2.45, 2.75) is 69.4 Å². The third kappa shape index (κ3) is 3.49. The van der Waals surface area contributed by atoms with Gasteiger partial charge in [-0.15, -0.1) is 0 Å². The molecule has 0 amide bonds. The topological polar surface area (TPSA) is 32.3 Å². The van der Waals surface area contributed by atoms with Crippen molar-refractivity contribution in [3.63, 3.8) is 0 Å². The Morgan fingerprint density at radius 3 is 2.33 bits per heavy atom. The average Bonchev–Trinajstić information content (AvgIpc) is 2.57. The maximum Gasteiger partial charge on any atom is 0.0939 e. The first-order chi connectivity index (χ1) is 10.3. The molecule has 0 spiro atoms. The van der Waals surface area contributed by atoms with E-state index in [2.05, 4.69) is 29.6 Å².